The predicted molar refractivity (Wildman–Crippen MR) is 56.9 cm³/mol. The van der Waals surface area contributed by atoms with Gasteiger partial charge in [-0.05, 0) is 27.7 Å². The van der Waals surface area contributed by atoms with Gasteiger partial charge < -0.3 is 10.1 Å². The summed E-state index contributed by atoms with van der Waals surface area (Å²) in [7, 11) is 0. The van der Waals surface area contributed by atoms with Crippen LogP contribution in [0.25, 0.3) is 0 Å². The van der Waals surface area contributed by atoms with E-state index in [-0.39, 0.29) is 12.1 Å². The summed E-state index contributed by atoms with van der Waals surface area (Å²) < 4.78 is 6.76. The topological polar surface area (TPSA) is 56.1 Å². The van der Waals surface area contributed by atoms with E-state index in [2.05, 4.69) is 10.4 Å². The van der Waals surface area contributed by atoms with Crippen LogP contribution in [0.5, 0.6) is 5.75 Å². The van der Waals surface area contributed by atoms with Crippen molar-refractivity contribution in [2.45, 2.75) is 39.8 Å². The van der Waals surface area contributed by atoms with Crippen molar-refractivity contribution in [3.63, 3.8) is 0 Å². The molecule has 0 aliphatic rings. The maximum absolute atomic E-state index is 11.2. The second kappa shape index (κ2) is 4.82. The van der Waals surface area contributed by atoms with E-state index >= 15 is 0 Å². The van der Waals surface area contributed by atoms with Crippen molar-refractivity contribution in [1.29, 1.82) is 0 Å². The van der Waals surface area contributed by atoms with E-state index < -0.39 is 6.09 Å². The van der Waals surface area contributed by atoms with Crippen molar-refractivity contribution in [3.05, 3.63) is 12.4 Å². The van der Waals surface area contributed by atoms with Gasteiger partial charge in [0.25, 0.3) is 0 Å². The third-order valence-electron chi connectivity index (χ3n) is 1.72. The molecule has 1 amide bonds. The van der Waals surface area contributed by atoms with Crippen molar-refractivity contribution in [3.8, 4) is 5.75 Å². The van der Waals surface area contributed by atoms with Crippen LogP contribution in [0.15, 0.2) is 12.4 Å². The van der Waals surface area contributed by atoms with Crippen LogP contribution in [0.4, 0.5) is 4.79 Å². The molecule has 0 radical (unpaired) electrons. The van der Waals surface area contributed by atoms with Gasteiger partial charge in [-0.1, -0.05) is 0 Å². The van der Waals surface area contributed by atoms with Crippen LogP contribution in [-0.2, 0) is 0 Å². The molecular formula is C10H17N3O2. The number of amides is 1. The highest BCUT2D eigenvalue weighted by molar-refractivity contribution is 5.70. The van der Waals surface area contributed by atoms with Gasteiger partial charge in [0.2, 0.25) is 0 Å². The minimum absolute atomic E-state index is 0.0673. The number of ether oxygens (including phenoxy) is 1. The Balaban J connectivity index is 2.53. The first-order valence-corrected chi connectivity index (χ1v) is 5.01. The molecule has 0 aromatic carbocycles. The van der Waals surface area contributed by atoms with E-state index in [9.17, 15) is 4.79 Å². The van der Waals surface area contributed by atoms with Crippen LogP contribution in [0.1, 0.15) is 33.7 Å². The maximum atomic E-state index is 11.2. The molecule has 0 aliphatic heterocycles. The quantitative estimate of drug-likeness (QED) is 0.831. The lowest BCUT2D eigenvalue weighted by Crippen LogP contribution is -2.32. The molecule has 5 heteroatoms. The summed E-state index contributed by atoms with van der Waals surface area (Å²) in [5.41, 5.74) is 0. The van der Waals surface area contributed by atoms with Gasteiger partial charge in [0, 0.05) is 12.1 Å². The molecule has 0 saturated carbocycles. The minimum Gasteiger partial charge on any atom is -0.407 e. The van der Waals surface area contributed by atoms with Gasteiger partial charge in [-0.2, -0.15) is 5.10 Å². The van der Waals surface area contributed by atoms with Crippen molar-refractivity contribution in [1.82, 2.24) is 15.1 Å². The highest BCUT2D eigenvalue weighted by Crippen LogP contribution is 2.12. The van der Waals surface area contributed by atoms with E-state index in [1.165, 1.54) is 6.20 Å². The first-order chi connectivity index (χ1) is 6.99. The largest absolute Gasteiger partial charge is 0.412 e. The number of nitrogens with one attached hydrogen (secondary N) is 1. The highest BCUT2D eigenvalue weighted by Gasteiger charge is 2.08. The number of nitrogens with zero attached hydrogens (tertiary/aromatic N) is 2. The molecule has 0 bridgehead atoms. The molecule has 1 rings (SSSR count). The zero-order valence-electron chi connectivity index (χ0n) is 9.52. The second-order valence-electron chi connectivity index (χ2n) is 3.94. The molecule has 0 unspecified atom stereocenters. The third kappa shape index (κ3) is 3.61. The minimum atomic E-state index is -0.451. The van der Waals surface area contributed by atoms with Gasteiger partial charge in [0.15, 0.2) is 5.75 Å². The van der Waals surface area contributed by atoms with Gasteiger partial charge in [-0.3, -0.25) is 4.68 Å². The molecule has 15 heavy (non-hydrogen) atoms. The van der Waals surface area contributed by atoms with Crippen LogP contribution in [0.2, 0.25) is 0 Å². The summed E-state index contributed by atoms with van der Waals surface area (Å²) in [6.07, 6.45) is 2.78. The smallest absolute Gasteiger partial charge is 0.407 e. The average Bonchev–Trinajstić information content (AvgIpc) is 2.50. The Morgan fingerprint density at radius 1 is 1.47 bits per heavy atom. The van der Waals surface area contributed by atoms with E-state index in [0.717, 1.165) is 0 Å². The highest BCUT2D eigenvalue weighted by atomic mass is 16.6. The number of carbonyl (C=O) groups excluding carboxylic acids is 1. The number of aromatic nitrogens is 2. The molecule has 1 aromatic heterocycles. The second-order valence-corrected chi connectivity index (χ2v) is 3.94. The van der Waals surface area contributed by atoms with Gasteiger partial charge >= 0.3 is 6.09 Å². The Morgan fingerprint density at radius 2 is 2.13 bits per heavy atom. The van der Waals surface area contributed by atoms with Crippen LogP contribution < -0.4 is 10.1 Å². The van der Waals surface area contributed by atoms with Gasteiger partial charge in [0.1, 0.15) is 0 Å². The third-order valence-corrected chi connectivity index (χ3v) is 1.72. The molecule has 84 valence electrons. The zero-order valence-corrected chi connectivity index (χ0v) is 9.52. The first-order valence-electron chi connectivity index (χ1n) is 5.01. The van der Waals surface area contributed by atoms with Gasteiger partial charge in [-0.15, -0.1) is 0 Å². The van der Waals surface area contributed by atoms with Crippen LogP contribution in [0.3, 0.4) is 0 Å². The van der Waals surface area contributed by atoms with Crippen LogP contribution in [0, 0.1) is 0 Å². The van der Waals surface area contributed by atoms with Crippen LogP contribution >= 0.6 is 0 Å². The molecule has 1 aromatic rings. The SMILES string of the molecule is CC(C)NC(=O)Oc1cnn(C(C)C)c1. The number of carbonyl (C=O) groups is 1. The van der Waals surface area contributed by atoms with E-state index in [4.69, 9.17) is 4.74 Å². The lowest BCUT2D eigenvalue weighted by Gasteiger charge is -2.07. The van der Waals surface area contributed by atoms with E-state index in [0.29, 0.717) is 5.75 Å². The Kier molecular flexibility index (Phi) is 3.71. The van der Waals surface area contributed by atoms with Gasteiger partial charge in [0.05, 0.1) is 12.4 Å². The Bertz CT molecular complexity index is 331. The fourth-order valence-corrected chi connectivity index (χ4v) is 1.03. The number of hydrogen-bond donors (Lipinski definition) is 1. The molecule has 0 fully saturated rings. The lowest BCUT2D eigenvalue weighted by atomic mass is 10.4. The van der Waals surface area contributed by atoms with Crippen molar-refractivity contribution in [2.75, 3.05) is 0 Å². The molecule has 5 nitrogen and oxygen atoms in total. The predicted octanol–water partition coefficient (Wildman–Crippen LogP) is 1.96. The van der Waals surface area contributed by atoms with Gasteiger partial charge in [-0.25, -0.2) is 4.79 Å². The molecule has 1 N–H and O–H groups in total. The fourth-order valence-electron chi connectivity index (χ4n) is 1.03. The molecule has 1 heterocycles. The summed E-state index contributed by atoms with van der Waals surface area (Å²) in [6.45, 7) is 7.76. The van der Waals surface area contributed by atoms with Crippen LogP contribution in [-0.4, -0.2) is 21.9 Å². The van der Waals surface area contributed by atoms with E-state index in [1.807, 2.05) is 27.7 Å². The Labute approximate surface area is 89.4 Å². The average molecular weight is 211 g/mol. The number of hydrogen-bond acceptors (Lipinski definition) is 3. The monoisotopic (exact) mass is 211 g/mol. The summed E-state index contributed by atoms with van der Waals surface area (Å²) >= 11 is 0. The Hall–Kier alpha value is -1.52. The van der Waals surface area contributed by atoms with Crippen molar-refractivity contribution >= 4 is 6.09 Å². The van der Waals surface area contributed by atoms with Crippen molar-refractivity contribution in [2.24, 2.45) is 0 Å². The maximum Gasteiger partial charge on any atom is 0.412 e. The standard InChI is InChI=1S/C10H17N3O2/c1-7(2)12-10(14)15-9-5-11-13(6-9)8(3)4/h5-8H,1-4H3,(H,12,14). The molecule has 0 atom stereocenters. The molecule has 0 saturated heterocycles. The molecule has 0 spiro atoms. The summed E-state index contributed by atoms with van der Waals surface area (Å²) in [4.78, 5) is 11.2. The molecule has 0 aliphatic carbocycles. The summed E-state index contributed by atoms with van der Waals surface area (Å²) in [5, 5.41) is 6.69. The summed E-state index contributed by atoms with van der Waals surface area (Å²) in [6, 6.07) is 0.327. The first kappa shape index (κ1) is 11.6. The Morgan fingerprint density at radius 3 is 2.60 bits per heavy atom. The normalized spacial score (nSPS) is 10.8. The van der Waals surface area contributed by atoms with Crippen molar-refractivity contribution < 1.29 is 9.53 Å². The number of rotatable bonds is 3. The molecular weight excluding hydrogens is 194 g/mol. The lowest BCUT2D eigenvalue weighted by molar-refractivity contribution is 0.197. The van der Waals surface area contributed by atoms with E-state index in [1.54, 1.807) is 10.9 Å². The zero-order chi connectivity index (χ0) is 11.4. The summed E-state index contributed by atoms with van der Waals surface area (Å²) in [5.74, 6) is 0.460. The fraction of sp³-hybridized carbons (Fsp3) is 0.600.